The Kier molecular flexibility index (Phi) is 5.02. The first kappa shape index (κ1) is 16.7. The van der Waals surface area contributed by atoms with Gasteiger partial charge in [0.1, 0.15) is 0 Å². The summed E-state index contributed by atoms with van der Waals surface area (Å²) < 4.78 is 3.16. The van der Waals surface area contributed by atoms with Crippen molar-refractivity contribution in [1.29, 1.82) is 0 Å². The summed E-state index contributed by atoms with van der Waals surface area (Å²) in [6.45, 7) is 6.51. The Bertz CT molecular complexity index is 982. The molecule has 5 heteroatoms. The highest BCUT2D eigenvalue weighted by atomic mass is 32.2. The minimum absolute atomic E-state index is 0.207. The van der Waals surface area contributed by atoms with Crippen LogP contribution in [-0.2, 0) is 6.54 Å². The van der Waals surface area contributed by atoms with Crippen molar-refractivity contribution in [3.63, 3.8) is 0 Å². The van der Waals surface area contributed by atoms with Crippen molar-refractivity contribution in [2.75, 3.05) is 6.26 Å². The molecule has 1 amide bonds. The molecule has 0 bridgehead atoms. The van der Waals surface area contributed by atoms with E-state index in [2.05, 4.69) is 36.7 Å². The van der Waals surface area contributed by atoms with E-state index in [1.54, 1.807) is 11.8 Å². The zero-order valence-electron chi connectivity index (χ0n) is 13.7. The lowest BCUT2D eigenvalue weighted by Crippen LogP contribution is -2.16. The van der Waals surface area contributed by atoms with Gasteiger partial charge in [0, 0.05) is 11.4 Å². The molecule has 1 aromatic heterocycles. The molecule has 0 spiro atoms. The van der Waals surface area contributed by atoms with E-state index in [1.165, 1.54) is 16.9 Å². The van der Waals surface area contributed by atoms with E-state index in [4.69, 9.17) is 0 Å². The van der Waals surface area contributed by atoms with Crippen molar-refractivity contribution in [1.82, 2.24) is 4.57 Å². The first-order chi connectivity index (χ1) is 11.6. The molecule has 3 nitrogen and oxygen atoms in total. The summed E-state index contributed by atoms with van der Waals surface area (Å²) >= 11 is 3.09. The number of allylic oxidation sites excluding steroid dienone is 1. The smallest absolute Gasteiger partial charge is 0.280 e. The van der Waals surface area contributed by atoms with Crippen LogP contribution in [-0.4, -0.2) is 16.7 Å². The van der Waals surface area contributed by atoms with Crippen LogP contribution in [0.5, 0.6) is 0 Å². The normalized spacial score (nSPS) is 11.8. The summed E-state index contributed by atoms with van der Waals surface area (Å²) in [7, 11) is 0. The number of hydrogen-bond donors (Lipinski definition) is 0. The van der Waals surface area contributed by atoms with Crippen LogP contribution in [0.3, 0.4) is 0 Å². The van der Waals surface area contributed by atoms with Gasteiger partial charge in [0.25, 0.3) is 5.91 Å². The molecule has 0 aliphatic rings. The topological polar surface area (TPSA) is 34.4 Å². The van der Waals surface area contributed by atoms with Gasteiger partial charge in [-0.2, -0.15) is 4.99 Å². The Labute approximate surface area is 149 Å². The van der Waals surface area contributed by atoms with E-state index in [0.717, 1.165) is 15.1 Å². The monoisotopic (exact) mass is 354 g/mol. The third-order valence-electron chi connectivity index (χ3n) is 3.68. The van der Waals surface area contributed by atoms with Crippen molar-refractivity contribution < 1.29 is 4.79 Å². The molecule has 0 aliphatic heterocycles. The molecule has 122 valence electrons. The van der Waals surface area contributed by atoms with Gasteiger partial charge >= 0.3 is 0 Å². The van der Waals surface area contributed by atoms with Crippen LogP contribution >= 0.6 is 23.1 Å². The average molecular weight is 355 g/mol. The fourth-order valence-electron chi connectivity index (χ4n) is 2.54. The predicted molar refractivity (Wildman–Crippen MR) is 103 cm³/mol. The Balaban J connectivity index is 2.17. The second-order valence-corrected chi connectivity index (χ2v) is 7.23. The number of amides is 1. The molecule has 0 saturated carbocycles. The second-order valence-electron chi connectivity index (χ2n) is 5.37. The number of thiazole rings is 1. The lowest BCUT2D eigenvalue weighted by molar-refractivity contribution is 0.0995. The summed E-state index contributed by atoms with van der Waals surface area (Å²) in [4.78, 5) is 18.7. The highest BCUT2D eigenvalue weighted by molar-refractivity contribution is 7.98. The number of aryl methyl sites for hydroxylation is 1. The fourth-order valence-corrected chi connectivity index (χ4v) is 4.27. The molecular weight excluding hydrogens is 336 g/mol. The molecule has 0 fully saturated rings. The molecular formula is C19H18N2OS2. The summed E-state index contributed by atoms with van der Waals surface area (Å²) in [5, 5.41) is 0. The summed E-state index contributed by atoms with van der Waals surface area (Å²) in [6, 6.07) is 13.8. The number of fused-ring (bicyclic) bond motifs is 1. The van der Waals surface area contributed by atoms with Crippen molar-refractivity contribution in [3.8, 4) is 0 Å². The molecule has 1 heterocycles. The maximum Gasteiger partial charge on any atom is 0.280 e. The van der Waals surface area contributed by atoms with Gasteiger partial charge in [-0.05, 0) is 43.0 Å². The minimum atomic E-state index is -0.207. The molecule has 0 atom stereocenters. The first-order valence-corrected chi connectivity index (χ1v) is 9.61. The lowest BCUT2D eigenvalue weighted by Gasteiger charge is -2.03. The van der Waals surface area contributed by atoms with E-state index in [9.17, 15) is 4.79 Å². The van der Waals surface area contributed by atoms with Gasteiger partial charge < -0.3 is 4.57 Å². The summed E-state index contributed by atoms with van der Waals surface area (Å²) in [5.41, 5.74) is 2.92. The highest BCUT2D eigenvalue weighted by Crippen LogP contribution is 2.22. The van der Waals surface area contributed by atoms with Crippen LogP contribution in [0.2, 0.25) is 0 Å². The number of benzene rings is 2. The van der Waals surface area contributed by atoms with Gasteiger partial charge in [0.2, 0.25) is 0 Å². The van der Waals surface area contributed by atoms with Crippen molar-refractivity contribution >= 4 is 39.2 Å². The Morgan fingerprint density at radius 3 is 2.88 bits per heavy atom. The number of carbonyl (C=O) groups excluding carboxylic acids is 1. The van der Waals surface area contributed by atoms with E-state index < -0.39 is 0 Å². The van der Waals surface area contributed by atoms with Gasteiger partial charge in [-0.1, -0.05) is 35.6 Å². The number of aromatic nitrogens is 1. The molecule has 0 N–H and O–H groups in total. The van der Waals surface area contributed by atoms with Crippen LogP contribution in [0.25, 0.3) is 10.2 Å². The molecule has 2 aromatic carbocycles. The van der Waals surface area contributed by atoms with Crippen molar-refractivity contribution in [2.45, 2.75) is 18.4 Å². The van der Waals surface area contributed by atoms with Crippen LogP contribution in [0, 0.1) is 6.92 Å². The molecule has 0 radical (unpaired) electrons. The number of thioether (sulfide) groups is 1. The van der Waals surface area contributed by atoms with Crippen LogP contribution in [0.1, 0.15) is 15.9 Å². The number of nitrogens with zero attached hydrogens (tertiary/aromatic N) is 2. The number of hydrogen-bond acceptors (Lipinski definition) is 3. The lowest BCUT2D eigenvalue weighted by atomic mass is 10.2. The summed E-state index contributed by atoms with van der Waals surface area (Å²) in [5.74, 6) is -0.207. The van der Waals surface area contributed by atoms with Gasteiger partial charge in [0.15, 0.2) is 4.80 Å². The highest BCUT2D eigenvalue weighted by Gasteiger charge is 2.11. The Morgan fingerprint density at radius 1 is 1.33 bits per heavy atom. The molecule has 0 saturated heterocycles. The third-order valence-corrected chi connectivity index (χ3v) is 5.52. The van der Waals surface area contributed by atoms with Gasteiger partial charge in [-0.15, -0.1) is 18.3 Å². The van der Waals surface area contributed by atoms with E-state index in [0.29, 0.717) is 16.9 Å². The SMILES string of the molecule is C=CCn1c(=NC(=O)c2ccccc2SC)sc2cc(C)ccc21. The molecule has 24 heavy (non-hydrogen) atoms. The van der Waals surface area contributed by atoms with E-state index in [1.807, 2.05) is 41.2 Å². The van der Waals surface area contributed by atoms with Crippen LogP contribution < -0.4 is 4.80 Å². The maximum atomic E-state index is 12.7. The predicted octanol–water partition coefficient (Wildman–Crippen LogP) is 4.66. The Morgan fingerprint density at radius 2 is 2.12 bits per heavy atom. The van der Waals surface area contributed by atoms with Gasteiger partial charge in [-0.25, -0.2) is 0 Å². The van der Waals surface area contributed by atoms with Crippen molar-refractivity contribution in [2.24, 2.45) is 4.99 Å². The zero-order chi connectivity index (χ0) is 17.1. The van der Waals surface area contributed by atoms with E-state index in [-0.39, 0.29) is 5.91 Å². The number of rotatable bonds is 4. The largest absolute Gasteiger partial charge is 0.312 e. The van der Waals surface area contributed by atoms with E-state index >= 15 is 0 Å². The molecule has 3 rings (SSSR count). The van der Waals surface area contributed by atoms with Gasteiger partial charge in [0.05, 0.1) is 15.8 Å². The zero-order valence-corrected chi connectivity index (χ0v) is 15.3. The maximum absolute atomic E-state index is 12.7. The minimum Gasteiger partial charge on any atom is -0.312 e. The second kappa shape index (κ2) is 7.20. The third kappa shape index (κ3) is 3.23. The first-order valence-electron chi connectivity index (χ1n) is 7.57. The summed E-state index contributed by atoms with van der Waals surface area (Å²) in [6.07, 6.45) is 3.79. The quantitative estimate of drug-likeness (QED) is 0.504. The average Bonchev–Trinajstić information content (AvgIpc) is 2.91. The van der Waals surface area contributed by atoms with Crippen molar-refractivity contribution in [3.05, 3.63) is 71.0 Å². The standard InChI is InChI=1S/C19H18N2OS2/c1-4-11-21-15-10-9-13(2)12-17(15)24-19(21)20-18(22)14-7-5-6-8-16(14)23-3/h4-10,12H,1,11H2,2-3H3. The Hall–Kier alpha value is -2.11. The molecule has 0 unspecified atom stereocenters. The molecule has 0 aliphatic carbocycles. The van der Waals surface area contributed by atoms with Crippen LogP contribution in [0.15, 0.2) is 65.0 Å². The van der Waals surface area contributed by atoms with Gasteiger partial charge in [-0.3, -0.25) is 4.79 Å². The number of carbonyl (C=O) groups is 1. The van der Waals surface area contributed by atoms with Crippen LogP contribution in [0.4, 0.5) is 0 Å². The fraction of sp³-hybridized carbons (Fsp3) is 0.158. The molecule has 3 aromatic rings.